The van der Waals surface area contributed by atoms with Crippen LogP contribution in [0.15, 0.2) is 60.2 Å². The summed E-state index contributed by atoms with van der Waals surface area (Å²) >= 11 is 12.6. The van der Waals surface area contributed by atoms with Gasteiger partial charge in [0.25, 0.3) is 5.91 Å². The zero-order valence-corrected chi connectivity index (χ0v) is 19.1. The van der Waals surface area contributed by atoms with Gasteiger partial charge in [0.1, 0.15) is 11.6 Å². The van der Waals surface area contributed by atoms with Crippen LogP contribution in [0, 0.1) is 32.1 Å². The van der Waals surface area contributed by atoms with Gasteiger partial charge in [0.15, 0.2) is 0 Å². The van der Waals surface area contributed by atoms with Gasteiger partial charge in [0.05, 0.1) is 0 Å². The minimum atomic E-state index is -0.497. The maximum absolute atomic E-state index is 12.6. The summed E-state index contributed by atoms with van der Waals surface area (Å²) in [5.74, 6) is -0.497. The van der Waals surface area contributed by atoms with Crippen LogP contribution in [0.4, 0.5) is 5.69 Å². The summed E-state index contributed by atoms with van der Waals surface area (Å²) < 4.78 is 0. The van der Waals surface area contributed by atoms with Crippen molar-refractivity contribution in [1.29, 1.82) is 5.26 Å². The Balaban J connectivity index is 1.81. The number of nitrogens with one attached hydrogen (secondary N) is 1. The summed E-state index contributed by atoms with van der Waals surface area (Å²) in [6, 6.07) is 19.2. The van der Waals surface area contributed by atoms with E-state index in [1.165, 1.54) is 22.8 Å². The maximum Gasteiger partial charge on any atom is 0.266 e. The Bertz CT molecular complexity index is 1200. The maximum atomic E-state index is 12.6. The molecule has 3 aromatic carbocycles. The number of nitrogens with zero attached hydrogens (tertiary/aromatic N) is 1. The second-order valence-electron chi connectivity index (χ2n) is 7.56. The Morgan fingerprint density at radius 1 is 1.00 bits per heavy atom. The summed E-state index contributed by atoms with van der Waals surface area (Å²) in [5, 5.41) is 13.4. The van der Waals surface area contributed by atoms with E-state index in [2.05, 4.69) is 37.4 Å². The van der Waals surface area contributed by atoms with Crippen molar-refractivity contribution >= 4 is 40.9 Å². The third-order valence-electron chi connectivity index (χ3n) is 4.95. The summed E-state index contributed by atoms with van der Waals surface area (Å²) in [6.45, 7) is 5.96. The molecular weight excluding hydrogens is 427 g/mol. The van der Waals surface area contributed by atoms with Gasteiger partial charge in [-0.2, -0.15) is 5.26 Å². The fraction of sp³-hybridized carbons (Fsp3) is 0.154. The van der Waals surface area contributed by atoms with Gasteiger partial charge in [-0.3, -0.25) is 4.79 Å². The van der Waals surface area contributed by atoms with Crippen LogP contribution in [-0.2, 0) is 11.2 Å². The lowest BCUT2D eigenvalue weighted by molar-refractivity contribution is -0.112. The first-order valence-electron chi connectivity index (χ1n) is 9.80. The van der Waals surface area contributed by atoms with E-state index in [-0.39, 0.29) is 5.57 Å². The molecule has 156 valence electrons. The number of rotatable bonds is 5. The Hall–Kier alpha value is -3.06. The van der Waals surface area contributed by atoms with Crippen molar-refractivity contribution in [2.45, 2.75) is 27.2 Å². The van der Waals surface area contributed by atoms with E-state index in [4.69, 9.17) is 23.2 Å². The molecule has 3 rings (SSSR count). The Morgan fingerprint density at radius 2 is 1.71 bits per heavy atom. The Morgan fingerprint density at radius 3 is 2.35 bits per heavy atom. The molecule has 0 aliphatic rings. The van der Waals surface area contributed by atoms with Gasteiger partial charge in [0, 0.05) is 15.7 Å². The van der Waals surface area contributed by atoms with E-state index in [9.17, 15) is 10.1 Å². The van der Waals surface area contributed by atoms with Crippen molar-refractivity contribution in [3.63, 3.8) is 0 Å². The van der Waals surface area contributed by atoms with E-state index < -0.39 is 5.91 Å². The first kappa shape index (κ1) is 22.6. The van der Waals surface area contributed by atoms with Gasteiger partial charge in [0.2, 0.25) is 0 Å². The summed E-state index contributed by atoms with van der Waals surface area (Å²) in [6.07, 6.45) is 2.24. The zero-order valence-electron chi connectivity index (χ0n) is 17.6. The molecular formula is C26H22Cl2N2O. The molecule has 0 atom stereocenters. The van der Waals surface area contributed by atoms with Crippen molar-refractivity contribution in [2.75, 3.05) is 5.32 Å². The zero-order chi connectivity index (χ0) is 22.5. The Kier molecular flexibility index (Phi) is 7.17. The van der Waals surface area contributed by atoms with Gasteiger partial charge < -0.3 is 5.32 Å². The van der Waals surface area contributed by atoms with Crippen molar-refractivity contribution in [1.82, 2.24) is 0 Å². The number of anilines is 1. The molecule has 1 amide bonds. The number of hydrogen-bond donors (Lipinski definition) is 1. The van der Waals surface area contributed by atoms with E-state index in [1.807, 2.05) is 25.1 Å². The fourth-order valence-electron chi connectivity index (χ4n) is 3.44. The van der Waals surface area contributed by atoms with Crippen molar-refractivity contribution in [3.8, 4) is 6.07 Å². The highest BCUT2D eigenvalue weighted by atomic mass is 35.5. The second-order valence-corrected chi connectivity index (χ2v) is 8.37. The number of nitriles is 1. The monoisotopic (exact) mass is 448 g/mol. The molecule has 0 bridgehead atoms. The molecule has 1 N–H and O–H groups in total. The van der Waals surface area contributed by atoms with Crippen LogP contribution in [0.2, 0.25) is 10.0 Å². The molecule has 0 aliphatic carbocycles. The highest BCUT2D eigenvalue weighted by Crippen LogP contribution is 2.25. The lowest BCUT2D eigenvalue weighted by Crippen LogP contribution is -2.14. The lowest BCUT2D eigenvalue weighted by Gasteiger charge is -2.10. The van der Waals surface area contributed by atoms with E-state index in [0.29, 0.717) is 27.7 Å². The molecule has 0 aromatic heterocycles. The average molecular weight is 449 g/mol. The SMILES string of the molecule is Cc1cc(C)cc(Cc2ccc(/C=C(\C#N)C(=O)Nc3cccc(Cl)c3C)cc2Cl)c1. The normalized spacial score (nSPS) is 11.2. The third-order valence-corrected chi connectivity index (χ3v) is 5.71. The number of carbonyl (C=O) groups is 1. The van der Waals surface area contributed by atoms with Gasteiger partial charge in [-0.25, -0.2) is 0 Å². The topological polar surface area (TPSA) is 52.9 Å². The van der Waals surface area contributed by atoms with Crippen molar-refractivity contribution in [3.05, 3.63) is 104 Å². The van der Waals surface area contributed by atoms with Crippen LogP contribution in [0.1, 0.15) is 33.4 Å². The van der Waals surface area contributed by atoms with Crippen LogP contribution < -0.4 is 5.32 Å². The molecule has 0 fully saturated rings. The largest absolute Gasteiger partial charge is 0.321 e. The van der Waals surface area contributed by atoms with Crippen molar-refractivity contribution in [2.24, 2.45) is 0 Å². The number of aryl methyl sites for hydroxylation is 2. The molecule has 0 unspecified atom stereocenters. The molecule has 0 heterocycles. The highest BCUT2D eigenvalue weighted by molar-refractivity contribution is 6.32. The molecule has 0 saturated carbocycles. The fourth-order valence-corrected chi connectivity index (χ4v) is 3.87. The first-order chi connectivity index (χ1) is 14.8. The number of carbonyl (C=O) groups excluding carboxylic acids is 1. The number of benzene rings is 3. The molecule has 0 radical (unpaired) electrons. The molecule has 5 heteroatoms. The molecule has 3 nitrogen and oxygen atoms in total. The first-order valence-corrected chi connectivity index (χ1v) is 10.6. The molecule has 31 heavy (non-hydrogen) atoms. The Labute approximate surface area is 192 Å². The predicted molar refractivity (Wildman–Crippen MR) is 129 cm³/mol. The van der Waals surface area contributed by atoms with E-state index in [1.54, 1.807) is 24.3 Å². The second kappa shape index (κ2) is 9.83. The molecule has 0 aliphatic heterocycles. The summed E-state index contributed by atoms with van der Waals surface area (Å²) in [5.41, 5.74) is 6.59. The molecule has 0 saturated heterocycles. The van der Waals surface area contributed by atoms with Crippen LogP contribution >= 0.6 is 23.2 Å². The van der Waals surface area contributed by atoms with Gasteiger partial charge in [-0.05, 0) is 73.7 Å². The van der Waals surface area contributed by atoms with E-state index in [0.717, 1.165) is 11.1 Å². The molecule has 3 aromatic rings. The number of amides is 1. The average Bonchev–Trinajstić information content (AvgIpc) is 2.70. The summed E-state index contributed by atoms with van der Waals surface area (Å²) in [7, 11) is 0. The number of hydrogen-bond acceptors (Lipinski definition) is 2. The standard InChI is InChI=1S/C26H22Cl2N2O/c1-16-9-17(2)11-20(10-16)13-21-8-7-19(14-24(21)28)12-22(15-29)26(31)30-25-6-4-5-23(27)18(25)3/h4-12,14H,13H2,1-3H3,(H,30,31)/b22-12+. The van der Waals surface area contributed by atoms with Gasteiger partial charge in [-0.15, -0.1) is 0 Å². The van der Waals surface area contributed by atoms with Crippen LogP contribution in [0.5, 0.6) is 0 Å². The van der Waals surface area contributed by atoms with Crippen LogP contribution in [0.3, 0.4) is 0 Å². The smallest absolute Gasteiger partial charge is 0.266 e. The lowest BCUT2D eigenvalue weighted by atomic mass is 9.99. The highest BCUT2D eigenvalue weighted by Gasteiger charge is 2.12. The van der Waals surface area contributed by atoms with E-state index >= 15 is 0 Å². The molecule has 0 spiro atoms. The quantitative estimate of drug-likeness (QED) is 0.335. The van der Waals surface area contributed by atoms with Gasteiger partial charge >= 0.3 is 0 Å². The number of halogens is 2. The van der Waals surface area contributed by atoms with Gasteiger partial charge in [-0.1, -0.05) is 70.7 Å². The predicted octanol–water partition coefficient (Wildman–Crippen LogP) is 7.06. The summed E-state index contributed by atoms with van der Waals surface area (Å²) in [4.78, 5) is 12.6. The van der Waals surface area contributed by atoms with Crippen LogP contribution in [-0.4, -0.2) is 5.91 Å². The van der Waals surface area contributed by atoms with Crippen LogP contribution in [0.25, 0.3) is 6.08 Å². The van der Waals surface area contributed by atoms with Crippen molar-refractivity contribution < 1.29 is 4.79 Å². The minimum Gasteiger partial charge on any atom is -0.321 e. The minimum absolute atomic E-state index is 0.0162. The third kappa shape index (κ3) is 5.76.